The van der Waals surface area contributed by atoms with E-state index in [9.17, 15) is 4.79 Å². The molecule has 31 heavy (non-hydrogen) atoms. The summed E-state index contributed by atoms with van der Waals surface area (Å²) in [6.45, 7) is 3.97. The summed E-state index contributed by atoms with van der Waals surface area (Å²) in [5.74, 6) is 6.50. The van der Waals surface area contributed by atoms with E-state index in [0.717, 1.165) is 43.3 Å². The number of carbonyl (C=O) groups is 1. The zero-order chi connectivity index (χ0) is 21.5. The van der Waals surface area contributed by atoms with Crippen LogP contribution in [0.2, 0.25) is 0 Å². The molecule has 1 heterocycles. The van der Waals surface area contributed by atoms with Crippen molar-refractivity contribution in [2.24, 2.45) is 5.90 Å². The van der Waals surface area contributed by atoms with E-state index in [0.29, 0.717) is 18.1 Å². The number of hydrogen-bond donors (Lipinski definition) is 1. The third-order valence-corrected chi connectivity index (χ3v) is 6.22. The first-order valence-corrected chi connectivity index (χ1v) is 11.1. The number of benzene rings is 2. The normalized spacial score (nSPS) is 17.9. The Kier molecular flexibility index (Phi) is 7.22. The van der Waals surface area contributed by atoms with Gasteiger partial charge >= 0.3 is 0 Å². The molecule has 6 heteroatoms. The number of amides is 1. The largest absolute Gasteiger partial charge is 0.485 e. The van der Waals surface area contributed by atoms with Crippen molar-refractivity contribution in [2.75, 3.05) is 26.2 Å². The standard InChI is InChI=1S/C25H31N3O3/c26-31-24-18-20(10-12-23(24)30-19-21-6-2-1-3-7-21)11-13-25(29)28-16-14-27(15-17-28)22-8-4-5-9-22/h1-3,6-7,10-13,18,22H,4-5,8-9,14-17,19,26H2/b13-11-. The van der Waals surface area contributed by atoms with E-state index in [1.807, 2.05) is 47.4 Å². The number of piperazine rings is 1. The van der Waals surface area contributed by atoms with Gasteiger partial charge in [0.15, 0.2) is 11.5 Å². The molecule has 6 nitrogen and oxygen atoms in total. The smallest absolute Gasteiger partial charge is 0.246 e. The van der Waals surface area contributed by atoms with Gasteiger partial charge in [0, 0.05) is 38.3 Å². The molecular weight excluding hydrogens is 390 g/mol. The fraction of sp³-hybridized carbons (Fsp3) is 0.400. The van der Waals surface area contributed by atoms with Gasteiger partial charge in [-0.05, 0) is 42.2 Å². The van der Waals surface area contributed by atoms with Gasteiger partial charge in [-0.25, -0.2) is 0 Å². The highest BCUT2D eigenvalue weighted by Gasteiger charge is 2.27. The van der Waals surface area contributed by atoms with Crippen LogP contribution in [0, 0.1) is 0 Å². The molecule has 0 atom stereocenters. The van der Waals surface area contributed by atoms with Crippen LogP contribution in [0.15, 0.2) is 54.6 Å². The van der Waals surface area contributed by atoms with Crippen LogP contribution >= 0.6 is 0 Å². The predicted molar refractivity (Wildman–Crippen MR) is 121 cm³/mol. The lowest BCUT2D eigenvalue weighted by molar-refractivity contribution is -0.127. The molecular formula is C25H31N3O3. The van der Waals surface area contributed by atoms with Crippen LogP contribution in [0.25, 0.3) is 6.08 Å². The quantitative estimate of drug-likeness (QED) is 0.546. The molecule has 1 aliphatic carbocycles. The second-order valence-corrected chi connectivity index (χ2v) is 8.23. The summed E-state index contributed by atoms with van der Waals surface area (Å²) in [6, 6.07) is 16.1. The minimum absolute atomic E-state index is 0.0469. The van der Waals surface area contributed by atoms with Crippen molar-refractivity contribution in [3.05, 3.63) is 65.7 Å². The third kappa shape index (κ3) is 5.66. The predicted octanol–water partition coefficient (Wildman–Crippen LogP) is 3.62. The summed E-state index contributed by atoms with van der Waals surface area (Å²) >= 11 is 0. The molecule has 0 bridgehead atoms. The molecule has 0 spiro atoms. The number of hydrogen-bond acceptors (Lipinski definition) is 5. The fourth-order valence-corrected chi connectivity index (χ4v) is 4.42. The molecule has 2 aromatic carbocycles. The number of rotatable bonds is 7. The second kappa shape index (κ2) is 10.5. The summed E-state index contributed by atoms with van der Waals surface area (Å²) in [5, 5.41) is 0. The third-order valence-electron chi connectivity index (χ3n) is 6.22. The minimum Gasteiger partial charge on any atom is -0.485 e. The average molecular weight is 422 g/mol. The van der Waals surface area contributed by atoms with E-state index in [-0.39, 0.29) is 5.91 Å². The van der Waals surface area contributed by atoms with Crippen LogP contribution in [-0.4, -0.2) is 47.9 Å². The highest BCUT2D eigenvalue weighted by Crippen LogP contribution is 2.29. The molecule has 1 saturated carbocycles. The maximum absolute atomic E-state index is 12.6. The summed E-state index contributed by atoms with van der Waals surface area (Å²) in [6.07, 6.45) is 8.74. The Morgan fingerprint density at radius 1 is 1.00 bits per heavy atom. The van der Waals surface area contributed by atoms with Crippen LogP contribution in [0.5, 0.6) is 11.5 Å². The van der Waals surface area contributed by atoms with Gasteiger partial charge in [-0.15, -0.1) is 0 Å². The second-order valence-electron chi connectivity index (χ2n) is 8.23. The molecule has 1 amide bonds. The zero-order valence-corrected chi connectivity index (χ0v) is 17.9. The molecule has 2 aromatic rings. The lowest BCUT2D eigenvalue weighted by Crippen LogP contribution is -2.51. The van der Waals surface area contributed by atoms with Crippen LogP contribution in [0.3, 0.4) is 0 Å². The topological polar surface area (TPSA) is 68.0 Å². The Bertz CT molecular complexity index is 886. The first-order valence-electron chi connectivity index (χ1n) is 11.1. The van der Waals surface area contributed by atoms with Crippen LogP contribution < -0.4 is 15.5 Å². The van der Waals surface area contributed by atoms with Crippen molar-refractivity contribution in [2.45, 2.75) is 38.3 Å². The Balaban J connectivity index is 1.31. The first-order chi connectivity index (χ1) is 15.2. The fourth-order valence-electron chi connectivity index (χ4n) is 4.42. The Morgan fingerprint density at radius 2 is 1.74 bits per heavy atom. The van der Waals surface area contributed by atoms with Crippen molar-refractivity contribution in [1.82, 2.24) is 9.80 Å². The van der Waals surface area contributed by atoms with E-state index in [1.165, 1.54) is 25.7 Å². The van der Waals surface area contributed by atoms with Crippen molar-refractivity contribution in [3.63, 3.8) is 0 Å². The molecule has 0 aromatic heterocycles. The monoisotopic (exact) mass is 421 g/mol. The van der Waals surface area contributed by atoms with Crippen LogP contribution in [0.4, 0.5) is 0 Å². The van der Waals surface area contributed by atoms with Gasteiger partial charge < -0.3 is 14.5 Å². The van der Waals surface area contributed by atoms with Crippen LogP contribution in [0.1, 0.15) is 36.8 Å². The van der Waals surface area contributed by atoms with Crippen LogP contribution in [-0.2, 0) is 11.4 Å². The zero-order valence-electron chi connectivity index (χ0n) is 17.9. The van der Waals surface area contributed by atoms with Crippen molar-refractivity contribution >= 4 is 12.0 Å². The molecule has 0 radical (unpaired) electrons. The average Bonchev–Trinajstić information content (AvgIpc) is 3.37. The SMILES string of the molecule is NOc1cc(/C=C\C(=O)N2CCN(C3CCCC3)CC2)ccc1OCc1ccccc1. The number of carbonyl (C=O) groups excluding carboxylic acids is 1. The lowest BCUT2D eigenvalue weighted by Gasteiger charge is -2.37. The highest BCUT2D eigenvalue weighted by molar-refractivity contribution is 5.92. The van der Waals surface area contributed by atoms with E-state index >= 15 is 0 Å². The highest BCUT2D eigenvalue weighted by atomic mass is 16.6. The molecule has 1 aliphatic heterocycles. The molecule has 0 unspecified atom stereocenters. The summed E-state index contributed by atoms with van der Waals surface area (Å²) < 4.78 is 5.83. The molecule has 2 fully saturated rings. The van der Waals surface area contributed by atoms with Gasteiger partial charge in [0.2, 0.25) is 5.91 Å². The van der Waals surface area contributed by atoms with Crippen molar-refractivity contribution in [3.8, 4) is 11.5 Å². The molecule has 1 saturated heterocycles. The summed E-state index contributed by atoms with van der Waals surface area (Å²) in [5.41, 5.74) is 1.90. The van der Waals surface area contributed by atoms with E-state index in [1.54, 1.807) is 18.2 Å². The minimum atomic E-state index is 0.0469. The Hall–Kier alpha value is -2.83. The molecule has 164 valence electrons. The van der Waals surface area contributed by atoms with Crippen molar-refractivity contribution in [1.29, 1.82) is 0 Å². The molecule has 2 N–H and O–H groups in total. The lowest BCUT2D eigenvalue weighted by atomic mass is 10.1. The van der Waals surface area contributed by atoms with E-state index < -0.39 is 0 Å². The van der Waals surface area contributed by atoms with Gasteiger partial charge in [0.05, 0.1) is 0 Å². The van der Waals surface area contributed by atoms with Crippen molar-refractivity contribution < 1.29 is 14.4 Å². The Morgan fingerprint density at radius 3 is 2.45 bits per heavy atom. The molecule has 4 rings (SSSR count). The number of nitrogens with zero attached hydrogens (tertiary/aromatic N) is 2. The maximum atomic E-state index is 12.6. The van der Waals surface area contributed by atoms with Gasteiger partial charge in [0.1, 0.15) is 6.61 Å². The Labute approximate surface area is 184 Å². The van der Waals surface area contributed by atoms with Gasteiger partial charge in [0.25, 0.3) is 0 Å². The maximum Gasteiger partial charge on any atom is 0.246 e. The number of nitrogens with two attached hydrogens (primary N) is 1. The van der Waals surface area contributed by atoms with Gasteiger partial charge in [-0.3, -0.25) is 9.69 Å². The van der Waals surface area contributed by atoms with Gasteiger partial charge in [-0.2, -0.15) is 5.90 Å². The summed E-state index contributed by atoms with van der Waals surface area (Å²) in [7, 11) is 0. The first kappa shape index (κ1) is 21.4. The number of ether oxygens (including phenoxy) is 1. The van der Waals surface area contributed by atoms with E-state index in [2.05, 4.69) is 4.90 Å². The molecule has 2 aliphatic rings. The van der Waals surface area contributed by atoms with E-state index in [4.69, 9.17) is 15.5 Å². The summed E-state index contributed by atoms with van der Waals surface area (Å²) in [4.78, 5) is 22.1. The van der Waals surface area contributed by atoms with Gasteiger partial charge in [-0.1, -0.05) is 49.2 Å².